The molecule has 3 rings (SSSR count). The van der Waals surface area contributed by atoms with Crippen LogP contribution in [0.5, 0.6) is 11.5 Å². The summed E-state index contributed by atoms with van der Waals surface area (Å²) in [5.41, 5.74) is 0.479. The number of hydrogen-bond acceptors (Lipinski definition) is 6. The maximum atomic E-state index is 13.4. The van der Waals surface area contributed by atoms with Crippen LogP contribution < -0.4 is 20.3 Å². The van der Waals surface area contributed by atoms with Gasteiger partial charge in [0.15, 0.2) is 16.5 Å². The van der Waals surface area contributed by atoms with Crippen molar-refractivity contribution in [1.82, 2.24) is 9.55 Å². The van der Waals surface area contributed by atoms with Gasteiger partial charge in [-0.1, -0.05) is 23.4 Å². The van der Waals surface area contributed by atoms with E-state index in [0.717, 1.165) is 11.8 Å². The first-order valence-electron chi connectivity index (χ1n) is 8.60. The summed E-state index contributed by atoms with van der Waals surface area (Å²) in [6, 6.07) is 8.93. The highest BCUT2D eigenvalue weighted by molar-refractivity contribution is 7.99. The molecular formula is C20H17ClFN3O4S. The Balaban J connectivity index is 1.71. The quantitative estimate of drug-likeness (QED) is 0.553. The molecule has 0 fully saturated rings. The number of anilines is 1. The molecule has 1 N–H and O–H groups in total. The average molecular weight is 450 g/mol. The van der Waals surface area contributed by atoms with Crippen molar-refractivity contribution < 1.29 is 18.7 Å². The van der Waals surface area contributed by atoms with Crippen molar-refractivity contribution in [2.45, 2.75) is 5.03 Å². The van der Waals surface area contributed by atoms with E-state index >= 15 is 0 Å². The number of halogens is 2. The van der Waals surface area contributed by atoms with Crippen LogP contribution in [-0.4, -0.2) is 35.4 Å². The van der Waals surface area contributed by atoms with Gasteiger partial charge < -0.3 is 14.8 Å². The number of methoxy groups -OCH3 is 2. The first kappa shape index (κ1) is 21.7. The predicted molar refractivity (Wildman–Crippen MR) is 114 cm³/mol. The summed E-state index contributed by atoms with van der Waals surface area (Å²) < 4.78 is 25.0. The summed E-state index contributed by atoms with van der Waals surface area (Å²) in [5, 5.41) is 2.75. The molecule has 0 saturated heterocycles. The summed E-state index contributed by atoms with van der Waals surface area (Å²) in [4.78, 5) is 29.0. The lowest BCUT2D eigenvalue weighted by atomic mass is 10.2. The van der Waals surface area contributed by atoms with Crippen molar-refractivity contribution >= 4 is 35.0 Å². The molecular weight excluding hydrogens is 433 g/mol. The van der Waals surface area contributed by atoms with Gasteiger partial charge in [0.1, 0.15) is 5.82 Å². The Morgan fingerprint density at radius 2 is 1.97 bits per heavy atom. The molecule has 156 valence electrons. The van der Waals surface area contributed by atoms with Gasteiger partial charge in [0.2, 0.25) is 5.91 Å². The topological polar surface area (TPSA) is 82.5 Å². The number of amides is 1. The van der Waals surface area contributed by atoms with Gasteiger partial charge in [-0.25, -0.2) is 9.37 Å². The summed E-state index contributed by atoms with van der Waals surface area (Å²) in [6.07, 6.45) is 2.87. The summed E-state index contributed by atoms with van der Waals surface area (Å²) in [7, 11) is 3.02. The van der Waals surface area contributed by atoms with Gasteiger partial charge in [0.05, 0.1) is 30.7 Å². The molecule has 0 radical (unpaired) electrons. The monoisotopic (exact) mass is 449 g/mol. The molecule has 10 heteroatoms. The second-order valence-corrected chi connectivity index (χ2v) is 7.28. The molecule has 0 aliphatic rings. The van der Waals surface area contributed by atoms with Gasteiger partial charge in [-0.05, 0) is 30.3 Å². The minimum Gasteiger partial charge on any atom is -0.493 e. The molecule has 0 aliphatic carbocycles. The number of ether oxygens (including phenoxy) is 2. The highest BCUT2D eigenvalue weighted by Gasteiger charge is 2.12. The van der Waals surface area contributed by atoms with Crippen molar-refractivity contribution in [2.24, 2.45) is 0 Å². The van der Waals surface area contributed by atoms with Crippen LogP contribution in [0.3, 0.4) is 0 Å². The van der Waals surface area contributed by atoms with Gasteiger partial charge in [0.25, 0.3) is 5.56 Å². The minimum atomic E-state index is -0.580. The summed E-state index contributed by atoms with van der Waals surface area (Å²) >= 11 is 6.78. The Hall–Kier alpha value is -3.04. The highest BCUT2D eigenvalue weighted by atomic mass is 35.5. The fraction of sp³-hybridized carbons (Fsp3) is 0.150. The molecule has 1 aromatic heterocycles. The van der Waals surface area contributed by atoms with E-state index in [4.69, 9.17) is 21.1 Å². The van der Waals surface area contributed by atoms with Gasteiger partial charge in [0, 0.05) is 24.1 Å². The molecule has 3 aromatic rings. The molecule has 0 aliphatic heterocycles. The fourth-order valence-electron chi connectivity index (χ4n) is 2.58. The third-order valence-electron chi connectivity index (χ3n) is 4.00. The Bertz CT molecular complexity index is 1140. The largest absolute Gasteiger partial charge is 0.493 e. The van der Waals surface area contributed by atoms with Crippen molar-refractivity contribution in [1.29, 1.82) is 0 Å². The smallest absolute Gasteiger partial charge is 0.287 e. The van der Waals surface area contributed by atoms with E-state index in [9.17, 15) is 14.0 Å². The van der Waals surface area contributed by atoms with Crippen molar-refractivity contribution in [2.75, 3.05) is 25.3 Å². The van der Waals surface area contributed by atoms with E-state index in [1.807, 2.05) is 0 Å². The normalized spacial score (nSPS) is 10.5. The van der Waals surface area contributed by atoms with Crippen LogP contribution in [0.4, 0.5) is 10.1 Å². The van der Waals surface area contributed by atoms with Gasteiger partial charge >= 0.3 is 0 Å². The number of rotatable bonds is 7. The second-order valence-electron chi connectivity index (χ2n) is 5.91. The molecule has 7 nitrogen and oxygen atoms in total. The molecule has 0 spiro atoms. The highest BCUT2D eigenvalue weighted by Crippen LogP contribution is 2.29. The van der Waals surface area contributed by atoms with Crippen LogP contribution in [0.25, 0.3) is 5.69 Å². The lowest BCUT2D eigenvalue weighted by Crippen LogP contribution is -2.22. The Labute approximate surface area is 180 Å². The molecule has 2 aromatic carbocycles. The standard InChI is InChI=1S/C20H17ClFN3O4S/c1-28-16-6-3-12(9-17(16)29-2)24-18(26)11-30-19-20(27)25(8-7-23-19)13-4-5-15(22)14(21)10-13/h3-10H,11H2,1-2H3,(H,24,26). The van der Waals surface area contributed by atoms with Crippen molar-refractivity contribution in [3.8, 4) is 17.2 Å². The van der Waals surface area contributed by atoms with Crippen LogP contribution >= 0.6 is 23.4 Å². The van der Waals surface area contributed by atoms with Crippen LogP contribution in [0.1, 0.15) is 0 Å². The number of carbonyl (C=O) groups excluding carboxylic acids is 1. The van der Waals surface area contributed by atoms with Gasteiger partial charge in [-0.3, -0.25) is 14.2 Å². The van der Waals surface area contributed by atoms with Crippen LogP contribution in [-0.2, 0) is 4.79 Å². The summed E-state index contributed by atoms with van der Waals surface area (Å²) in [6.45, 7) is 0. The number of nitrogens with one attached hydrogen (secondary N) is 1. The zero-order valence-corrected chi connectivity index (χ0v) is 17.6. The van der Waals surface area contributed by atoms with Crippen LogP contribution in [0.2, 0.25) is 5.02 Å². The molecule has 30 heavy (non-hydrogen) atoms. The number of thioether (sulfide) groups is 1. The molecule has 0 bridgehead atoms. The van der Waals surface area contributed by atoms with E-state index in [0.29, 0.717) is 22.9 Å². The maximum Gasteiger partial charge on any atom is 0.287 e. The molecule has 1 amide bonds. The number of carbonyl (C=O) groups is 1. The Kier molecular flexibility index (Phi) is 6.96. The van der Waals surface area contributed by atoms with Crippen molar-refractivity contribution in [3.63, 3.8) is 0 Å². The second kappa shape index (κ2) is 9.64. The molecule has 0 unspecified atom stereocenters. The van der Waals surface area contributed by atoms with E-state index in [1.54, 1.807) is 18.2 Å². The Morgan fingerprint density at radius 3 is 2.67 bits per heavy atom. The number of benzene rings is 2. The maximum absolute atomic E-state index is 13.4. The number of hydrogen-bond donors (Lipinski definition) is 1. The molecule has 0 atom stereocenters. The van der Waals surface area contributed by atoms with Crippen LogP contribution in [0, 0.1) is 5.82 Å². The SMILES string of the molecule is COc1ccc(NC(=O)CSc2nccn(-c3ccc(F)c(Cl)c3)c2=O)cc1OC. The zero-order valence-electron chi connectivity index (χ0n) is 16.0. The minimum absolute atomic E-state index is 0.0369. The van der Waals surface area contributed by atoms with E-state index in [2.05, 4.69) is 10.3 Å². The van der Waals surface area contributed by atoms with Crippen molar-refractivity contribution in [3.05, 3.63) is 70.0 Å². The lowest BCUT2D eigenvalue weighted by molar-refractivity contribution is -0.113. The van der Waals surface area contributed by atoms with Gasteiger partial charge in [-0.2, -0.15) is 0 Å². The first-order chi connectivity index (χ1) is 14.4. The van der Waals surface area contributed by atoms with E-state index in [1.165, 1.54) is 49.4 Å². The van der Waals surface area contributed by atoms with E-state index in [-0.39, 0.29) is 21.7 Å². The average Bonchev–Trinajstić information content (AvgIpc) is 2.75. The third kappa shape index (κ3) is 4.92. The predicted octanol–water partition coefficient (Wildman–Crippen LogP) is 3.77. The zero-order chi connectivity index (χ0) is 21.7. The van der Waals surface area contributed by atoms with E-state index < -0.39 is 11.4 Å². The number of nitrogens with zero attached hydrogens (tertiary/aromatic N) is 2. The summed E-state index contributed by atoms with van der Waals surface area (Å²) in [5.74, 6) is 0.0797. The van der Waals surface area contributed by atoms with Crippen LogP contribution in [0.15, 0.2) is 58.6 Å². The first-order valence-corrected chi connectivity index (χ1v) is 9.97. The fourth-order valence-corrected chi connectivity index (χ4v) is 3.45. The number of aromatic nitrogens is 2. The Morgan fingerprint density at radius 1 is 1.20 bits per heavy atom. The van der Waals surface area contributed by atoms with Gasteiger partial charge in [-0.15, -0.1) is 0 Å². The lowest BCUT2D eigenvalue weighted by Gasteiger charge is -2.11. The third-order valence-corrected chi connectivity index (χ3v) is 5.25. The molecule has 1 heterocycles. The molecule has 0 saturated carbocycles.